The number of halogens is 1. The number of nitrogens with two attached hydrogens (primary N) is 1. The molecule has 0 radical (unpaired) electrons. The Hall–Kier alpha value is -1.32. The molecule has 18 heavy (non-hydrogen) atoms. The molecular formula is C14H19ClN2O. The van der Waals surface area contributed by atoms with Crippen molar-refractivity contribution in [2.75, 3.05) is 7.05 Å². The number of rotatable bonds is 5. The lowest BCUT2D eigenvalue weighted by Gasteiger charge is -2.28. The predicted molar refractivity (Wildman–Crippen MR) is 75.4 cm³/mol. The molecule has 2 N–H and O–H groups in total. The average molecular weight is 267 g/mol. The van der Waals surface area contributed by atoms with E-state index in [2.05, 4.69) is 6.58 Å². The van der Waals surface area contributed by atoms with Crippen molar-refractivity contribution in [3.63, 3.8) is 0 Å². The summed E-state index contributed by atoms with van der Waals surface area (Å²) in [6.45, 7) is 5.52. The summed E-state index contributed by atoms with van der Waals surface area (Å²) in [7, 11) is 1.74. The molecule has 0 aromatic heterocycles. The fourth-order valence-corrected chi connectivity index (χ4v) is 2.05. The van der Waals surface area contributed by atoms with Crippen molar-refractivity contribution in [1.29, 1.82) is 0 Å². The molecule has 0 fully saturated rings. The van der Waals surface area contributed by atoms with Gasteiger partial charge in [0, 0.05) is 12.1 Å². The van der Waals surface area contributed by atoms with Crippen molar-refractivity contribution in [3.05, 3.63) is 47.5 Å². The molecule has 1 aromatic carbocycles. The Balaban J connectivity index is 2.84. The maximum absolute atomic E-state index is 12.1. The lowest BCUT2D eigenvalue weighted by Crippen LogP contribution is -2.42. The van der Waals surface area contributed by atoms with Crippen molar-refractivity contribution in [2.45, 2.75) is 25.4 Å². The Kier molecular flexibility index (Phi) is 5.38. The largest absolute Gasteiger partial charge is 0.338 e. The molecule has 2 unspecified atom stereocenters. The minimum absolute atomic E-state index is 0.109. The van der Waals surface area contributed by atoms with Crippen LogP contribution in [0.4, 0.5) is 0 Å². The van der Waals surface area contributed by atoms with Gasteiger partial charge in [0.05, 0.1) is 12.1 Å². The van der Waals surface area contributed by atoms with Crippen LogP contribution >= 0.6 is 11.6 Å². The molecule has 0 aliphatic carbocycles. The topological polar surface area (TPSA) is 46.3 Å². The fraction of sp³-hybridized carbons (Fsp3) is 0.357. The molecule has 0 aliphatic heterocycles. The fourth-order valence-electron chi connectivity index (χ4n) is 1.76. The Morgan fingerprint density at radius 2 is 2.17 bits per heavy atom. The normalized spacial score (nSPS) is 13.8. The Labute approximate surface area is 113 Å². The van der Waals surface area contributed by atoms with Crippen LogP contribution in [0.5, 0.6) is 0 Å². The summed E-state index contributed by atoms with van der Waals surface area (Å²) in [6, 6.07) is 6.84. The van der Waals surface area contributed by atoms with E-state index in [0.717, 1.165) is 5.56 Å². The van der Waals surface area contributed by atoms with Crippen LogP contribution in [0.3, 0.4) is 0 Å². The summed E-state index contributed by atoms with van der Waals surface area (Å²) in [6.07, 6.45) is 2.12. The standard InChI is InChI=1S/C14H19ClN2O/c1-4-7-13(16)14(18)17(3)10(2)11-8-5-6-9-12(11)15/h4-6,8-10,13H,1,7,16H2,2-3H3. The van der Waals surface area contributed by atoms with Crippen molar-refractivity contribution in [1.82, 2.24) is 4.90 Å². The van der Waals surface area contributed by atoms with Gasteiger partial charge in [-0.25, -0.2) is 0 Å². The maximum Gasteiger partial charge on any atom is 0.240 e. The van der Waals surface area contributed by atoms with E-state index in [-0.39, 0.29) is 11.9 Å². The Morgan fingerprint density at radius 3 is 2.72 bits per heavy atom. The number of carbonyl (C=O) groups is 1. The van der Waals surface area contributed by atoms with E-state index in [1.165, 1.54) is 0 Å². The lowest BCUT2D eigenvalue weighted by atomic mass is 10.1. The molecule has 4 heteroatoms. The smallest absolute Gasteiger partial charge is 0.240 e. The van der Waals surface area contributed by atoms with Crippen molar-refractivity contribution in [2.24, 2.45) is 5.73 Å². The third-order valence-corrected chi connectivity index (χ3v) is 3.37. The molecule has 0 saturated carbocycles. The molecule has 0 aliphatic rings. The van der Waals surface area contributed by atoms with E-state index >= 15 is 0 Å². The SMILES string of the molecule is C=CCC(N)C(=O)N(C)C(C)c1ccccc1Cl. The van der Waals surface area contributed by atoms with Crippen LogP contribution < -0.4 is 5.73 Å². The number of hydrogen-bond acceptors (Lipinski definition) is 2. The third kappa shape index (κ3) is 3.34. The highest BCUT2D eigenvalue weighted by atomic mass is 35.5. The second kappa shape index (κ2) is 6.57. The summed E-state index contributed by atoms with van der Waals surface area (Å²) < 4.78 is 0. The number of nitrogens with zero attached hydrogens (tertiary/aromatic N) is 1. The first-order valence-electron chi connectivity index (χ1n) is 5.86. The van der Waals surface area contributed by atoms with Gasteiger partial charge in [-0.2, -0.15) is 0 Å². The Morgan fingerprint density at radius 1 is 1.56 bits per heavy atom. The number of amides is 1. The van der Waals surface area contributed by atoms with Crippen LogP contribution in [0, 0.1) is 0 Å². The monoisotopic (exact) mass is 266 g/mol. The highest BCUT2D eigenvalue weighted by Crippen LogP contribution is 2.26. The van der Waals surface area contributed by atoms with Gasteiger partial charge in [0.1, 0.15) is 0 Å². The first-order valence-corrected chi connectivity index (χ1v) is 6.24. The van der Waals surface area contributed by atoms with Gasteiger partial charge in [-0.05, 0) is 25.0 Å². The first kappa shape index (κ1) is 14.7. The highest BCUT2D eigenvalue weighted by Gasteiger charge is 2.23. The lowest BCUT2D eigenvalue weighted by molar-refractivity contribution is -0.133. The minimum atomic E-state index is -0.544. The number of carbonyl (C=O) groups excluding carboxylic acids is 1. The molecule has 0 bridgehead atoms. The predicted octanol–water partition coefficient (Wildman–Crippen LogP) is 2.76. The van der Waals surface area contributed by atoms with Crippen LogP contribution in [0.15, 0.2) is 36.9 Å². The van der Waals surface area contributed by atoms with Gasteiger partial charge in [0.15, 0.2) is 0 Å². The van der Waals surface area contributed by atoms with E-state index in [4.69, 9.17) is 17.3 Å². The van der Waals surface area contributed by atoms with Crippen molar-refractivity contribution < 1.29 is 4.79 Å². The molecule has 1 aromatic rings. The van der Waals surface area contributed by atoms with Gasteiger partial charge in [-0.15, -0.1) is 6.58 Å². The van der Waals surface area contributed by atoms with Crippen LogP contribution in [0.2, 0.25) is 5.02 Å². The summed E-state index contributed by atoms with van der Waals surface area (Å²) >= 11 is 6.12. The summed E-state index contributed by atoms with van der Waals surface area (Å²) in [5, 5.41) is 0.655. The maximum atomic E-state index is 12.1. The molecule has 0 heterocycles. The van der Waals surface area contributed by atoms with E-state index in [9.17, 15) is 4.79 Å². The van der Waals surface area contributed by atoms with E-state index < -0.39 is 6.04 Å². The molecule has 0 spiro atoms. The molecule has 98 valence electrons. The van der Waals surface area contributed by atoms with E-state index in [0.29, 0.717) is 11.4 Å². The summed E-state index contributed by atoms with van der Waals surface area (Å²) in [5.74, 6) is -0.109. The highest BCUT2D eigenvalue weighted by molar-refractivity contribution is 6.31. The quantitative estimate of drug-likeness (QED) is 0.833. The van der Waals surface area contributed by atoms with Crippen molar-refractivity contribution in [3.8, 4) is 0 Å². The average Bonchev–Trinajstić information content (AvgIpc) is 2.37. The zero-order chi connectivity index (χ0) is 13.7. The number of hydrogen-bond donors (Lipinski definition) is 1. The minimum Gasteiger partial charge on any atom is -0.338 e. The Bertz CT molecular complexity index is 434. The molecular weight excluding hydrogens is 248 g/mol. The first-order chi connectivity index (χ1) is 8.49. The molecule has 3 nitrogen and oxygen atoms in total. The van der Waals surface area contributed by atoms with Crippen LogP contribution in [-0.2, 0) is 4.79 Å². The van der Waals surface area contributed by atoms with E-state index in [1.807, 2.05) is 31.2 Å². The second-order valence-electron chi connectivity index (χ2n) is 4.28. The molecule has 1 rings (SSSR count). The van der Waals surface area contributed by atoms with Gasteiger partial charge in [-0.1, -0.05) is 35.9 Å². The van der Waals surface area contributed by atoms with Crippen LogP contribution in [0.1, 0.15) is 24.9 Å². The molecule has 1 amide bonds. The van der Waals surface area contributed by atoms with Crippen LogP contribution in [-0.4, -0.2) is 23.9 Å². The van der Waals surface area contributed by atoms with Crippen molar-refractivity contribution >= 4 is 17.5 Å². The van der Waals surface area contributed by atoms with Gasteiger partial charge >= 0.3 is 0 Å². The number of benzene rings is 1. The number of likely N-dealkylation sites (N-methyl/N-ethyl adjacent to an activating group) is 1. The molecule has 0 saturated heterocycles. The van der Waals surface area contributed by atoms with Gasteiger partial charge < -0.3 is 10.6 Å². The second-order valence-corrected chi connectivity index (χ2v) is 4.68. The summed E-state index contributed by atoms with van der Waals surface area (Å²) in [5.41, 5.74) is 6.70. The van der Waals surface area contributed by atoms with Gasteiger partial charge in [0.2, 0.25) is 5.91 Å². The van der Waals surface area contributed by atoms with Crippen LogP contribution in [0.25, 0.3) is 0 Å². The zero-order valence-electron chi connectivity index (χ0n) is 10.8. The van der Waals surface area contributed by atoms with E-state index in [1.54, 1.807) is 18.0 Å². The summed E-state index contributed by atoms with van der Waals surface area (Å²) in [4.78, 5) is 13.7. The molecule has 2 atom stereocenters. The van der Waals surface area contributed by atoms with Gasteiger partial charge in [-0.3, -0.25) is 4.79 Å². The zero-order valence-corrected chi connectivity index (χ0v) is 11.5. The van der Waals surface area contributed by atoms with Gasteiger partial charge in [0.25, 0.3) is 0 Å². The third-order valence-electron chi connectivity index (χ3n) is 3.02.